The number of hydrogen-bond donors (Lipinski definition) is 3. The first-order valence-corrected chi connectivity index (χ1v) is 7.91. The predicted molar refractivity (Wildman–Crippen MR) is 80.9 cm³/mol. The maximum Gasteiger partial charge on any atom is 0.141 e. The SMILES string of the molecule is CC([NH2+]CC1CCCCCC1=O)C(O)c1ccc(O)cc1.[Cl-]. The van der Waals surface area contributed by atoms with Gasteiger partial charge < -0.3 is 27.9 Å². The summed E-state index contributed by atoms with van der Waals surface area (Å²) in [5.41, 5.74) is 0.795. The molecular weight excluding hydrogens is 302 g/mol. The summed E-state index contributed by atoms with van der Waals surface area (Å²) in [7, 11) is 0. The molecule has 0 saturated heterocycles. The van der Waals surface area contributed by atoms with E-state index >= 15 is 0 Å². The molecule has 22 heavy (non-hydrogen) atoms. The van der Waals surface area contributed by atoms with E-state index in [0.717, 1.165) is 37.8 Å². The summed E-state index contributed by atoms with van der Waals surface area (Å²) in [5, 5.41) is 21.7. The van der Waals surface area contributed by atoms with Gasteiger partial charge in [0.05, 0.1) is 12.5 Å². The van der Waals surface area contributed by atoms with Gasteiger partial charge in [-0.25, -0.2) is 0 Å². The molecule has 0 bridgehead atoms. The molecule has 1 aliphatic rings. The van der Waals surface area contributed by atoms with E-state index in [2.05, 4.69) is 5.32 Å². The highest BCUT2D eigenvalue weighted by Gasteiger charge is 2.25. The quantitative estimate of drug-likeness (QED) is 0.578. The number of halogens is 1. The first kappa shape index (κ1) is 18.9. The fourth-order valence-electron chi connectivity index (χ4n) is 2.96. The molecule has 4 N–H and O–H groups in total. The number of Topliss-reactive ketones (excluding diaryl/α,β-unsaturated/α-hetero) is 1. The summed E-state index contributed by atoms with van der Waals surface area (Å²) in [6.45, 7) is 2.73. The van der Waals surface area contributed by atoms with Gasteiger partial charge in [0, 0.05) is 6.42 Å². The number of quaternary nitrogens is 1. The van der Waals surface area contributed by atoms with Crippen LogP contribution in [0.3, 0.4) is 0 Å². The van der Waals surface area contributed by atoms with Crippen LogP contribution < -0.4 is 17.7 Å². The van der Waals surface area contributed by atoms with Crippen LogP contribution in [0.15, 0.2) is 24.3 Å². The van der Waals surface area contributed by atoms with E-state index in [1.54, 1.807) is 24.3 Å². The van der Waals surface area contributed by atoms with E-state index in [9.17, 15) is 15.0 Å². The number of benzene rings is 1. The van der Waals surface area contributed by atoms with Crippen molar-refractivity contribution in [2.75, 3.05) is 6.54 Å². The van der Waals surface area contributed by atoms with Crippen LogP contribution in [0.25, 0.3) is 0 Å². The average molecular weight is 328 g/mol. The normalized spacial score (nSPS) is 21.5. The number of aliphatic hydroxyl groups is 1. The minimum atomic E-state index is -0.591. The zero-order chi connectivity index (χ0) is 15.2. The minimum Gasteiger partial charge on any atom is -1.00 e. The monoisotopic (exact) mass is 327 g/mol. The molecule has 0 spiro atoms. The number of phenolic OH excluding ortho intramolecular Hbond substituents is 1. The molecule has 0 aromatic heterocycles. The number of hydrogen-bond acceptors (Lipinski definition) is 3. The van der Waals surface area contributed by atoms with E-state index in [4.69, 9.17) is 0 Å². The van der Waals surface area contributed by atoms with Gasteiger partial charge in [-0.05, 0) is 37.5 Å². The van der Waals surface area contributed by atoms with E-state index in [0.29, 0.717) is 12.2 Å². The van der Waals surface area contributed by atoms with Crippen molar-refractivity contribution >= 4 is 5.78 Å². The summed E-state index contributed by atoms with van der Waals surface area (Å²) in [4.78, 5) is 12.0. The first-order chi connectivity index (χ1) is 10.1. The Morgan fingerprint density at radius 3 is 2.59 bits per heavy atom. The third kappa shape index (κ3) is 5.27. The maximum atomic E-state index is 12.0. The molecule has 124 valence electrons. The van der Waals surface area contributed by atoms with Gasteiger partial charge in [0.25, 0.3) is 0 Å². The molecule has 1 aromatic carbocycles. The van der Waals surface area contributed by atoms with Crippen molar-refractivity contribution in [3.63, 3.8) is 0 Å². The lowest BCUT2D eigenvalue weighted by Gasteiger charge is -2.20. The van der Waals surface area contributed by atoms with Crippen molar-refractivity contribution in [1.82, 2.24) is 0 Å². The molecule has 1 saturated carbocycles. The van der Waals surface area contributed by atoms with Gasteiger partial charge in [-0.3, -0.25) is 4.79 Å². The molecule has 0 radical (unpaired) electrons. The van der Waals surface area contributed by atoms with Crippen LogP contribution >= 0.6 is 0 Å². The molecule has 1 aromatic rings. The number of nitrogens with two attached hydrogens (primary N) is 1. The minimum absolute atomic E-state index is 0. The molecule has 0 aliphatic heterocycles. The van der Waals surface area contributed by atoms with Gasteiger partial charge >= 0.3 is 0 Å². The molecule has 3 unspecified atom stereocenters. The number of carbonyl (C=O) groups is 1. The molecule has 0 heterocycles. The van der Waals surface area contributed by atoms with Gasteiger partial charge in [0.15, 0.2) is 0 Å². The Balaban J connectivity index is 0.00000242. The largest absolute Gasteiger partial charge is 1.00 e. The fourth-order valence-corrected chi connectivity index (χ4v) is 2.96. The van der Waals surface area contributed by atoms with Crippen molar-refractivity contribution in [2.45, 2.75) is 51.2 Å². The van der Waals surface area contributed by atoms with Crippen molar-refractivity contribution < 1.29 is 32.7 Å². The Morgan fingerprint density at radius 1 is 1.23 bits per heavy atom. The highest BCUT2D eigenvalue weighted by Crippen LogP contribution is 2.20. The summed E-state index contributed by atoms with van der Waals surface area (Å²) in [6, 6.07) is 6.63. The maximum absolute atomic E-state index is 12.0. The van der Waals surface area contributed by atoms with Gasteiger partial charge in [-0.1, -0.05) is 25.0 Å². The van der Waals surface area contributed by atoms with Gasteiger partial charge in [0.1, 0.15) is 23.7 Å². The number of aromatic hydroxyl groups is 1. The highest BCUT2D eigenvalue weighted by atomic mass is 35.5. The zero-order valence-electron chi connectivity index (χ0n) is 13.0. The van der Waals surface area contributed by atoms with Crippen LogP contribution in [0.4, 0.5) is 0 Å². The Morgan fingerprint density at radius 2 is 1.91 bits per heavy atom. The van der Waals surface area contributed by atoms with Crippen molar-refractivity contribution in [3.8, 4) is 5.75 Å². The molecule has 4 nitrogen and oxygen atoms in total. The van der Waals surface area contributed by atoms with E-state index in [-0.39, 0.29) is 30.1 Å². The number of rotatable bonds is 5. The summed E-state index contributed by atoms with van der Waals surface area (Å²) in [6.07, 6.45) is 4.44. The van der Waals surface area contributed by atoms with Gasteiger partial charge in [0.2, 0.25) is 0 Å². The van der Waals surface area contributed by atoms with E-state index < -0.39 is 6.10 Å². The van der Waals surface area contributed by atoms with Crippen molar-refractivity contribution in [3.05, 3.63) is 29.8 Å². The lowest BCUT2D eigenvalue weighted by atomic mass is 9.97. The second kappa shape index (κ2) is 9.13. The third-order valence-corrected chi connectivity index (χ3v) is 4.46. The predicted octanol–water partition coefficient (Wildman–Crippen LogP) is -1.47. The van der Waals surface area contributed by atoms with Crippen LogP contribution in [0.2, 0.25) is 0 Å². The second-order valence-corrected chi connectivity index (χ2v) is 6.13. The molecule has 3 atom stereocenters. The summed E-state index contributed by atoms with van der Waals surface area (Å²) >= 11 is 0. The Hall–Kier alpha value is -1.10. The van der Waals surface area contributed by atoms with E-state index in [1.807, 2.05) is 6.92 Å². The Kier molecular flexibility index (Phi) is 7.87. The van der Waals surface area contributed by atoms with Crippen LogP contribution in [-0.4, -0.2) is 28.6 Å². The molecule has 1 aliphatic carbocycles. The van der Waals surface area contributed by atoms with Crippen LogP contribution in [0.5, 0.6) is 5.75 Å². The Bertz CT molecular complexity index is 463. The van der Waals surface area contributed by atoms with Gasteiger partial charge in [-0.2, -0.15) is 0 Å². The average Bonchev–Trinajstić information content (AvgIpc) is 2.69. The number of phenols is 1. The van der Waals surface area contributed by atoms with Crippen molar-refractivity contribution in [2.24, 2.45) is 5.92 Å². The third-order valence-electron chi connectivity index (χ3n) is 4.46. The van der Waals surface area contributed by atoms with Gasteiger partial charge in [-0.15, -0.1) is 0 Å². The summed E-state index contributed by atoms with van der Waals surface area (Å²) in [5.74, 6) is 0.726. The molecule has 5 heteroatoms. The Labute approximate surface area is 138 Å². The standard InChI is InChI=1S/C17H25NO3.ClH/c1-12(17(21)13-7-9-15(19)10-8-13)18-11-14-5-3-2-4-6-16(14)20;/h7-10,12,14,17-19,21H,2-6,11H2,1H3;1H. The number of carbonyl (C=O) groups excluding carboxylic acids is 1. The van der Waals surface area contributed by atoms with E-state index in [1.165, 1.54) is 0 Å². The molecule has 0 amide bonds. The summed E-state index contributed by atoms with van der Waals surface area (Å²) < 4.78 is 0. The smallest absolute Gasteiger partial charge is 0.141 e. The molecule has 1 fully saturated rings. The van der Waals surface area contributed by atoms with Crippen LogP contribution in [-0.2, 0) is 4.79 Å². The molecule has 2 rings (SSSR count). The topological polar surface area (TPSA) is 74.1 Å². The van der Waals surface area contributed by atoms with Crippen LogP contribution in [0, 0.1) is 5.92 Å². The lowest BCUT2D eigenvalue weighted by molar-refractivity contribution is -0.697. The zero-order valence-corrected chi connectivity index (χ0v) is 13.8. The molecular formula is C17H26ClNO3. The number of aliphatic hydroxyl groups excluding tert-OH is 1. The number of ketones is 1. The van der Waals surface area contributed by atoms with Crippen molar-refractivity contribution in [1.29, 1.82) is 0 Å². The first-order valence-electron chi connectivity index (χ1n) is 7.91. The highest BCUT2D eigenvalue weighted by molar-refractivity contribution is 5.81. The fraction of sp³-hybridized carbons (Fsp3) is 0.588. The van der Waals surface area contributed by atoms with Crippen LogP contribution in [0.1, 0.15) is 50.7 Å². The second-order valence-electron chi connectivity index (χ2n) is 6.13. The lowest BCUT2D eigenvalue weighted by Crippen LogP contribution is -3.00.